The number of nitrogens with zero attached hydrogens (tertiary/aromatic N) is 2. The molecule has 0 amide bonds. The van der Waals surface area contributed by atoms with Gasteiger partial charge in [-0.05, 0) is 17.3 Å². The Balaban J connectivity index is 2.35. The van der Waals surface area contributed by atoms with Crippen molar-refractivity contribution < 1.29 is 8.94 Å². The molecule has 68 valence electrons. The average molecular weight is 180 g/mol. The fraction of sp³-hybridized carbons (Fsp3) is 0.143. The van der Waals surface area contributed by atoms with Gasteiger partial charge in [0.25, 0.3) is 11.8 Å². The molecule has 6 heteroatoms. The lowest BCUT2D eigenvalue weighted by atomic mass is 10.4. The number of furan rings is 1. The lowest BCUT2D eigenvalue weighted by Crippen LogP contribution is -1.92. The minimum absolute atomic E-state index is 0.0840. The number of nitrogen functional groups attached to an aromatic ring is 1. The average Bonchev–Trinajstić information content (AvgIpc) is 2.71. The van der Waals surface area contributed by atoms with Crippen LogP contribution in [-0.2, 0) is 6.54 Å². The van der Waals surface area contributed by atoms with E-state index in [1.807, 2.05) is 0 Å². The first-order chi connectivity index (χ1) is 6.29. The van der Waals surface area contributed by atoms with E-state index in [-0.39, 0.29) is 11.8 Å². The Morgan fingerprint density at radius 2 is 2.23 bits per heavy atom. The van der Waals surface area contributed by atoms with E-state index in [4.69, 9.17) is 20.4 Å². The Bertz CT molecular complexity index is 406. The number of hydrogen-bond donors (Lipinski definition) is 2. The summed E-state index contributed by atoms with van der Waals surface area (Å²) in [5, 5.41) is 3.43. The zero-order chi connectivity index (χ0) is 9.26. The third-order valence-electron chi connectivity index (χ3n) is 1.52. The van der Waals surface area contributed by atoms with Gasteiger partial charge in [-0.15, -0.1) is 0 Å². The highest BCUT2D eigenvalue weighted by atomic mass is 16.5. The maximum absolute atomic E-state index is 5.36. The van der Waals surface area contributed by atoms with Gasteiger partial charge in [-0.3, -0.25) is 0 Å². The third kappa shape index (κ3) is 1.38. The van der Waals surface area contributed by atoms with Gasteiger partial charge < -0.3 is 20.4 Å². The molecule has 0 bridgehead atoms. The van der Waals surface area contributed by atoms with Crippen LogP contribution in [0.5, 0.6) is 0 Å². The van der Waals surface area contributed by atoms with Gasteiger partial charge in [-0.25, -0.2) is 0 Å². The van der Waals surface area contributed by atoms with Gasteiger partial charge in [0.1, 0.15) is 5.76 Å². The van der Waals surface area contributed by atoms with E-state index >= 15 is 0 Å². The van der Waals surface area contributed by atoms with Crippen molar-refractivity contribution in [1.29, 1.82) is 0 Å². The second-order valence-corrected chi connectivity index (χ2v) is 2.43. The monoisotopic (exact) mass is 180 g/mol. The molecule has 0 aromatic carbocycles. The molecule has 0 saturated heterocycles. The van der Waals surface area contributed by atoms with E-state index in [9.17, 15) is 0 Å². The van der Waals surface area contributed by atoms with Gasteiger partial charge in [-0.1, -0.05) is 0 Å². The van der Waals surface area contributed by atoms with Gasteiger partial charge in [-0.2, -0.15) is 4.98 Å². The number of aromatic nitrogens is 2. The van der Waals surface area contributed by atoms with Crippen LogP contribution < -0.4 is 11.5 Å². The molecule has 2 rings (SSSR count). The molecule has 0 aliphatic carbocycles. The second kappa shape index (κ2) is 2.91. The molecular weight excluding hydrogens is 172 g/mol. The Morgan fingerprint density at radius 1 is 1.38 bits per heavy atom. The van der Waals surface area contributed by atoms with E-state index in [1.54, 1.807) is 12.1 Å². The molecule has 0 spiro atoms. The molecule has 0 atom stereocenters. The summed E-state index contributed by atoms with van der Waals surface area (Å²) in [6.07, 6.45) is 0. The highest BCUT2D eigenvalue weighted by Gasteiger charge is 2.10. The van der Waals surface area contributed by atoms with Crippen molar-refractivity contribution >= 4 is 5.95 Å². The molecule has 0 radical (unpaired) electrons. The molecule has 4 N–H and O–H groups in total. The number of rotatable bonds is 2. The van der Waals surface area contributed by atoms with Crippen LogP contribution in [0, 0.1) is 0 Å². The first-order valence-electron chi connectivity index (χ1n) is 3.68. The summed E-state index contributed by atoms with van der Waals surface area (Å²) in [6, 6.07) is 3.45. The Labute approximate surface area is 73.5 Å². The van der Waals surface area contributed by atoms with Crippen molar-refractivity contribution in [1.82, 2.24) is 10.1 Å². The summed E-state index contributed by atoms with van der Waals surface area (Å²) in [5.41, 5.74) is 10.6. The van der Waals surface area contributed by atoms with E-state index in [2.05, 4.69) is 10.1 Å². The first kappa shape index (κ1) is 7.81. The van der Waals surface area contributed by atoms with Crippen molar-refractivity contribution in [2.45, 2.75) is 6.54 Å². The molecule has 0 saturated carbocycles. The quantitative estimate of drug-likeness (QED) is 0.691. The molecule has 0 aliphatic rings. The summed E-state index contributed by atoms with van der Waals surface area (Å²) in [4.78, 5) is 3.79. The van der Waals surface area contributed by atoms with E-state index in [1.165, 1.54) is 0 Å². The summed E-state index contributed by atoms with van der Waals surface area (Å²) >= 11 is 0. The van der Waals surface area contributed by atoms with Crippen molar-refractivity contribution in [2.24, 2.45) is 5.73 Å². The maximum atomic E-state index is 5.36. The SMILES string of the molecule is NCc1ccc(-c2nc(N)no2)o1. The molecule has 2 aromatic rings. The summed E-state index contributed by atoms with van der Waals surface area (Å²) < 4.78 is 10.0. The van der Waals surface area contributed by atoms with Crippen LogP contribution in [0.3, 0.4) is 0 Å². The van der Waals surface area contributed by atoms with Gasteiger partial charge in [0.2, 0.25) is 0 Å². The summed E-state index contributed by atoms with van der Waals surface area (Å²) in [7, 11) is 0. The second-order valence-electron chi connectivity index (χ2n) is 2.43. The van der Waals surface area contributed by atoms with Crippen molar-refractivity contribution in [3.05, 3.63) is 17.9 Å². The standard InChI is InChI=1S/C7H8N4O2/c8-3-4-1-2-5(12-4)6-10-7(9)11-13-6/h1-2H,3,8H2,(H2,9,11). The van der Waals surface area contributed by atoms with Crippen molar-refractivity contribution in [2.75, 3.05) is 5.73 Å². The third-order valence-corrected chi connectivity index (χ3v) is 1.52. The predicted octanol–water partition coefficient (Wildman–Crippen LogP) is 0.370. The topological polar surface area (TPSA) is 104 Å². The molecule has 0 unspecified atom stereocenters. The largest absolute Gasteiger partial charge is 0.455 e. The number of hydrogen-bond acceptors (Lipinski definition) is 6. The smallest absolute Gasteiger partial charge is 0.295 e. The van der Waals surface area contributed by atoms with E-state index < -0.39 is 0 Å². The molecule has 2 heterocycles. The molecular formula is C7H8N4O2. The van der Waals surface area contributed by atoms with Gasteiger partial charge in [0.05, 0.1) is 6.54 Å². The van der Waals surface area contributed by atoms with Crippen LogP contribution in [0.4, 0.5) is 5.95 Å². The highest BCUT2D eigenvalue weighted by Crippen LogP contribution is 2.20. The fourth-order valence-corrected chi connectivity index (χ4v) is 0.938. The zero-order valence-corrected chi connectivity index (χ0v) is 6.73. The van der Waals surface area contributed by atoms with Crippen molar-refractivity contribution in [3.63, 3.8) is 0 Å². The van der Waals surface area contributed by atoms with Crippen LogP contribution in [-0.4, -0.2) is 10.1 Å². The number of nitrogens with two attached hydrogens (primary N) is 2. The van der Waals surface area contributed by atoms with Gasteiger partial charge in [0.15, 0.2) is 5.76 Å². The van der Waals surface area contributed by atoms with Crippen molar-refractivity contribution in [3.8, 4) is 11.7 Å². The molecule has 6 nitrogen and oxygen atoms in total. The molecule has 0 fully saturated rings. The Morgan fingerprint density at radius 3 is 2.77 bits per heavy atom. The van der Waals surface area contributed by atoms with Crippen LogP contribution >= 0.6 is 0 Å². The Kier molecular flexibility index (Phi) is 1.75. The van der Waals surface area contributed by atoms with Crippen LogP contribution in [0.15, 0.2) is 21.1 Å². The van der Waals surface area contributed by atoms with Gasteiger partial charge in [0, 0.05) is 0 Å². The zero-order valence-electron chi connectivity index (χ0n) is 6.73. The lowest BCUT2D eigenvalue weighted by molar-refractivity contribution is 0.412. The molecule has 2 aromatic heterocycles. The Hall–Kier alpha value is -1.82. The maximum Gasteiger partial charge on any atom is 0.295 e. The first-order valence-corrected chi connectivity index (χ1v) is 3.68. The van der Waals surface area contributed by atoms with Crippen LogP contribution in [0.2, 0.25) is 0 Å². The normalized spacial score (nSPS) is 10.5. The number of anilines is 1. The summed E-state index contributed by atoms with van der Waals surface area (Å²) in [5.74, 6) is 1.48. The molecule has 13 heavy (non-hydrogen) atoms. The predicted molar refractivity (Wildman–Crippen MR) is 44.3 cm³/mol. The fourth-order valence-electron chi connectivity index (χ4n) is 0.938. The highest BCUT2D eigenvalue weighted by molar-refractivity contribution is 5.45. The van der Waals surface area contributed by atoms with Crippen LogP contribution in [0.1, 0.15) is 5.76 Å². The van der Waals surface area contributed by atoms with E-state index in [0.717, 1.165) is 0 Å². The minimum atomic E-state index is 0.0840. The van der Waals surface area contributed by atoms with Crippen LogP contribution in [0.25, 0.3) is 11.7 Å². The van der Waals surface area contributed by atoms with E-state index in [0.29, 0.717) is 18.1 Å². The minimum Gasteiger partial charge on any atom is -0.455 e. The molecule has 0 aliphatic heterocycles. The van der Waals surface area contributed by atoms with Gasteiger partial charge >= 0.3 is 0 Å². The lowest BCUT2D eigenvalue weighted by Gasteiger charge is -1.86. The summed E-state index contributed by atoms with van der Waals surface area (Å²) in [6.45, 7) is 0.337.